The van der Waals surface area contributed by atoms with Crippen molar-refractivity contribution in [2.45, 2.75) is 39.8 Å². The maximum atomic E-state index is 5.88. The van der Waals surface area contributed by atoms with E-state index in [1.165, 1.54) is 18.5 Å². The van der Waals surface area contributed by atoms with Gasteiger partial charge in [-0.25, -0.2) is 9.98 Å². The van der Waals surface area contributed by atoms with Crippen LogP contribution in [-0.2, 0) is 17.9 Å². The lowest BCUT2D eigenvalue weighted by molar-refractivity contribution is 0.288. The van der Waals surface area contributed by atoms with E-state index in [9.17, 15) is 0 Å². The Morgan fingerprint density at radius 2 is 1.92 bits per heavy atom. The fraction of sp³-hybridized carbons (Fsp3) is 0.333. The van der Waals surface area contributed by atoms with Crippen molar-refractivity contribution in [3.8, 4) is 0 Å². The lowest BCUT2D eigenvalue weighted by Crippen LogP contribution is -2.10. The molecule has 1 aromatic carbocycles. The molecule has 25 heavy (non-hydrogen) atoms. The van der Waals surface area contributed by atoms with E-state index in [1.54, 1.807) is 0 Å². The molecular weight excluding hydrogens is 310 g/mol. The van der Waals surface area contributed by atoms with Crippen LogP contribution in [0.2, 0.25) is 0 Å². The number of fused-ring (bicyclic) bond motifs is 1. The summed E-state index contributed by atoms with van der Waals surface area (Å²) in [6.07, 6.45) is 4.51. The molecule has 4 nitrogen and oxygen atoms in total. The van der Waals surface area contributed by atoms with Crippen LogP contribution in [0.1, 0.15) is 35.5 Å². The molecule has 1 aromatic heterocycles. The van der Waals surface area contributed by atoms with Crippen molar-refractivity contribution >= 4 is 11.6 Å². The molecule has 0 atom stereocenters. The zero-order chi connectivity index (χ0) is 17.2. The molecule has 128 valence electrons. The monoisotopic (exact) mass is 333 g/mol. The van der Waals surface area contributed by atoms with Gasteiger partial charge in [0.15, 0.2) is 0 Å². The Kier molecular flexibility index (Phi) is 4.26. The zero-order valence-electron chi connectivity index (χ0n) is 14.8. The number of benzene rings is 1. The summed E-state index contributed by atoms with van der Waals surface area (Å²) < 4.78 is 8.19. The average Bonchev–Trinajstić information content (AvgIpc) is 3.44. The molecular formula is C21H23N3O. The topological polar surface area (TPSA) is 39.4 Å². The highest BCUT2D eigenvalue weighted by molar-refractivity contribution is 5.96. The molecule has 2 heterocycles. The number of aliphatic imine (C=N–C) groups is 1. The van der Waals surface area contributed by atoms with E-state index >= 15 is 0 Å². The Labute approximate surface area is 148 Å². The number of aromatic nitrogens is 2. The minimum atomic E-state index is 0.555. The number of para-hydroxylation sites is 1. The van der Waals surface area contributed by atoms with Crippen LogP contribution in [0.4, 0.5) is 5.69 Å². The fourth-order valence-electron chi connectivity index (χ4n) is 3.06. The van der Waals surface area contributed by atoms with Crippen LogP contribution in [0, 0.1) is 19.8 Å². The summed E-state index contributed by atoms with van der Waals surface area (Å²) in [5.41, 5.74) is 4.24. The number of hydrogen-bond acceptors (Lipinski definition) is 3. The molecule has 0 radical (unpaired) electrons. The van der Waals surface area contributed by atoms with Crippen LogP contribution >= 0.6 is 0 Å². The van der Waals surface area contributed by atoms with Gasteiger partial charge in [-0.15, -0.1) is 0 Å². The molecule has 0 saturated heterocycles. The van der Waals surface area contributed by atoms with E-state index in [1.807, 2.05) is 30.5 Å². The third-order valence-corrected chi connectivity index (χ3v) is 4.80. The van der Waals surface area contributed by atoms with Gasteiger partial charge in [0, 0.05) is 29.6 Å². The first-order valence-electron chi connectivity index (χ1n) is 8.87. The Balaban J connectivity index is 1.75. The molecule has 0 bridgehead atoms. The van der Waals surface area contributed by atoms with Gasteiger partial charge in [0.25, 0.3) is 0 Å². The minimum Gasteiger partial charge on any atom is -0.472 e. The third-order valence-electron chi connectivity index (χ3n) is 4.80. The minimum absolute atomic E-state index is 0.555. The third kappa shape index (κ3) is 3.58. The molecule has 1 fully saturated rings. The molecule has 0 amide bonds. The summed E-state index contributed by atoms with van der Waals surface area (Å²) in [7, 11) is 0. The van der Waals surface area contributed by atoms with Gasteiger partial charge in [-0.05, 0) is 56.9 Å². The van der Waals surface area contributed by atoms with Crippen molar-refractivity contribution in [1.82, 2.24) is 9.55 Å². The summed E-state index contributed by atoms with van der Waals surface area (Å²) in [5, 5.41) is 0. The molecule has 1 saturated carbocycles. The first-order chi connectivity index (χ1) is 12.2. The summed E-state index contributed by atoms with van der Waals surface area (Å²) in [6, 6.07) is 14.3. The predicted molar refractivity (Wildman–Crippen MR) is 99.5 cm³/mol. The average molecular weight is 333 g/mol. The van der Waals surface area contributed by atoms with E-state index in [-0.39, 0.29) is 0 Å². The number of rotatable bonds is 3. The van der Waals surface area contributed by atoms with Crippen molar-refractivity contribution in [3.63, 3.8) is 0 Å². The van der Waals surface area contributed by atoms with Crippen LogP contribution in [0.5, 0.6) is 0 Å². The predicted octanol–water partition coefficient (Wildman–Crippen LogP) is 4.64. The van der Waals surface area contributed by atoms with Gasteiger partial charge in [0.1, 0.15) is 12.4 Å². The Bertz CT molecular complexity index is 876. The summed E-state index contributed by atoms with van der Waals surface area (Å²) in [6.45, 7) is 5.82. The second-order valence-corrected chi connectivity index (χ2v) is 6.81. The molecule has 4 heteroatoms. The van der Waals surface area contributed by atoms with E-state index < -0.39 is 0 Å². The van der Waals surface area contributed by atoms with Gasteiger partial charge in [-0.2, -0.15) is 0 Å². The number of hydrogen-bond donors (Lipinski definition) is 0. The first-order valence-corrected chi connectivity index (χ1v) is 8.87. The van der Waals surface area contributed by atoms with E-state index in [2.05, 4.69) is 46.6 Å². The lowest BCUT2D eigenvalue weighted by Gasteiger charge is -2.16. The molecule has 2 aromatic rings. The maximum absolute atomic E-state index is 5.88. The molecule has 1 aliphatic carbocycles. The first kappa shape index (κ1) is 15.9. The highest BCUT2D eigenvalue weighted by Gasteiger charge is 2.22. The van der Waals surface area contributed by atoms with Crippen LogP contribution in [0.15, 0.2) is 53.7 Å². The quantitative estimate of drug-likeness (QED) is 0.820. The maximum Gasteiger partial charge on any atom is 0.221 e. The van der Waals surface area contributed by atoms with Crippen molar-refractivity contribution in [2.75, 3.05) is 0 Å². The molecule has 0 N–H and O–H groups in total. The van der Waals surface area contributed by atoms with Gasteiger partial charge in [0.05, 0.1) is 5.69 Å². The largest absolute Gasteiger partial charge is 0.472 e. The Morgan fingerprint density at radius 3 is 2.76 bits per heavy atom. The van der Waals surface area contributed by atoms with E-state index in [4.69, 9.17) is 4.74 Å². The lowest BCUT2D eigenvalue weighted by atomic mass is 10.1. The normalized spacial score (nSPS) is 15.7. The molecule has 4 rings (SSSR count). The SMILES string of the molecule is Cc1ccc(C2=Nc3ccccc3CO2)ccnc(C)n1CC1CC1. The zero-order valence-corrected chi connectivity index (χ0v) is 14.8. The van der Waals surface area contributed by atoms with Crippen molar-refractivity contribution < 1.29 is 4.74 Å². The van der Waals surface area contributed by atoms with Gasteiger partial charge in [-0.3, -0.25) is 0 Å². The Morgan fingerprint density at radius 1 is 1.08 bits per heavy atom. The Hall–Kier alpha value is -2.62. The number of ether oxygens (including phenoxy) is 1. The van der Waals surface area contributed by atoms with Gasteiger partial charge >= 0.3 is 0 Å². The van der Waals surface area contributed by atoms with Crippen LogP contribution in [0.3, 0.4) is 0 Å². The number of aryl methyl sites for hydroxylation is 2. The standard InChI is InChI=1S/C21H23N3O/c1-15-7-10-18(11-12-22-16(2)24(15)13-17-8-9-17)21-23-20-6-4-3-5-19(20)14-25-21/h3-7,10-12,17H,8-9,13-14H2,1-2H3. The van der Waals surface area contributed by atoms with Crippen molar-refractivity contribution in [1.29, 1.82) is 0 Å². The highest BCUT2D eigenvalue weighted by Crippen LogP contribution is 2.31. The molecule has 1 aliphatic heterocycles. The van der Waals surface area contributed by atoms with Crippen LogP contribution in [0.25, 0.3) is 0 Å². The summed E-state index contributed by atoms with van der Waals surface area (Å²) in [5.74, 6) is 2.50. The molecule has 2 aliphatic rings. The fourth-order valence-corrected chi connectivity index (χ4v) is 3.06. The van der Waals surface area contributed by atoms with Gasteiger partial charge in [0.2, 0.25) is 5.90 Å². The van der Waals surface area contributed by atoms with Gasteiger partial charge in [-0.1, -0.05) is 18.2 Å². The van der Waals surface area contributed by atoms with E-state index in [0.29, 0.717) is 12.5 Å². The second kappa shape index (κ2) is 6.71. The van der Waals surface area contributed by atoms with Crippen molar-refractivity contribution in [2.24, 2.45) is 10.9 Å². The van der Waals surface area contributed by atoms with Crippen molar-refractivity contribution in [3.05, 3.63) is 71.3 Å². The van der Waals surface area contributed by atoms with Crippen LogP contribution < -0.4 is 0 Å². The molecule has 0 spiro atoms. The smallest absolute Gasteiger partial charge is 0.221 e. The summed E-state index contributed by atoms with van der Waals surface area (Å²) >= 11 is 0. The molecule has 0 unspecified atom stereocenters. The van der Waals surface area contributed by atoms with E-state index in [0.717, 1.165) is 35.1 Å². The van der Waals surface area contributed by atoms with Gasteiger partial charge < -0.3 is 9.30 Å². The highest BCUT2D eigenvalue weighted by atomic mass is 16.5. The van der Waals surface area contributed by atoms with Crippen LogP contribution in [-0.4, -0.2) is 15.4 Å². The number of nitrogens with zero attached hydrogens (tertiary/aromatic N) is 3. The summed E-state index contributed by atoms with van der Waals surface area (Å²) in [4.78, 5) is 9.29. The second-order valence-electron chi connectivity index (χ2n) is 6.81.